The van der Waals surface area contributed by atoms with Crippen LogP contribution in [0.25, 0.3) is 0 Å². The van der Waals surface area contributed by atoms with Gasteiger partial charge in [-0.15, -0.1) is 11.6 Å². The molecule has 0 aliphatic rings. The van der Waals surface area contributed by atoms with Crippen molar-refractivity contribution < 1.29 is 8.42 Å². The first-order valence-electron chi connectivity index (χ1n) is 4.28. The van der Waals surface area contributed by atoms with Crippen LogP contribution in [0.5, 0.6) is 0 Å². The normalized spacial score (nSPS) is 15.8. The first kappa shape index (κ1) is 13.2. The summed E-state index contributed by atoms with van der Waals surface area (Å²) in [5.41, 5.74) is 0. The molecule has 0 aliphatic heterocycles. The van der Waals surface area contributed by atoms with Crippen molar-refractivity contribution >= 4 is 21.6 Å². The quantitative estimate of drug-likeness (QED) is 0.744. The molecule has 0 aromatic heterocycles. The SMILES string of the molecule is CC(CCCl)NS(=O)(=O)C(C)(C)C. The minimum absolute atomic E-state index is 0.0956. The molecular formula is C8H18ClNO2S. The van der Waals surface area contributed by atoms with Crippen LogP contribution in [0.2, 0.25) is 0 Å². The highest BCUT2D eigenvalue weighted by Gasteiger charge is 2.29. The second-order valence-electron chi connectivity index (χ2n) is 4.11. The molecule has 0 bridgehead atoms. The van der Waals surface area contributed by atoms with E-state index in [-0.39, 0.29) is 6.04 Å². The third kappa shape index (κ3) is 4.29. The highest BCUT2D eigenvalue weighted by atomic mass is 35.5. The van der Waals surface area contributed by atoms with E-state index in [0.717, 1.165) is 0 Å². The third-order valence-electron chi connectivity index (χ3n) is 1.70. The largest absolute Gasteiger partial charge is 0.216 e. The molecule has 0 amide bonds. The summed E-state index contributed by atoms with van der Waals surface area (Å²) in [7, 11) is -3.23. The molecular weight excluding hydrogens is 210 g/mol. The lowest BCUT2D eigenvalue weighted by atomic mass is 10.3. The Balaban J connectivity index is 4.36. The summed E-state index contributed by atoms with van der Waals surface area (Å²) in [6, 6.07) is -0.0956. The molecule has 5 heteroatoms. The molecule has 0 saturated heterocycles. The predicted molar refractivity (Wildman–Crippen MR) is 56.6 cm³/mol. The maximum atomic E-state index is 11.6. The number of hydrogen-bond acceptors (Lipinski definition) is 2. The Morgan fingerprint density at radius 3 is 2.15 bits per heavy atom. The summed E-state index contributed by atoms with van der Waals surface area (Å²) in [6.07, 6.45) is 0.650. The van der Waals surface area contributed by atoms with Gasteiger partial charge in [0.2, 0.25) is 10.0 Å². The summed E-state index contributed by atoms with van der Waals surface area (Å²) < 4.78 is 25.0. The molecule has 13 heavy (non-hydrogen) atoms. The van der Waals surface area contributed by atoms with Gasteiger partial charge in [-0.2, -0.15) is 0 Å². The number of rotatable bonds is 4. The zero-order valence-corrected chi connectivity index (χ0v) is 10.2. The fourth-order valence-corrected chi connectivity index (χ4v) is 1.99. The van der Waals surface area contributed by atoms with Crippen molar-refractivity contribution in [1.82, 2.24) is 4.72 Å². The number of sulfonamides is 1. The lowest BCUT2D eigenvalue weighted by molar-refractivity contribution is 0.524. The monoisotopic (exact) mass is 227 g/mol. The van der Waals surface area contributed by atoms with Crippen molar-refractivity contribution in [1.29, 1.82) is 0 Å². The van der Waals surface area contributed by atoms with Crippen molar-refractivity contribution in [3.63, 3.8) is 0 Å². The van der Waals surface area contributed by atoms with Crippen LogP contribution in [0.1, 0.15) is 34.1 Å². The molecule has 0 aromatic rings. The third-order valence-corrected chi connectivity index (χ3v) is 4.25. The van der Waals surface area contributed by atoms with Crippen molar-refractivity contribution in [3.05, 3.63) is 0 Å². The van der Waals surface area contributed by atoms with Gasteiger partial charge in [0.1, 0.15) is 0 Å². The van der Waals surface area contributed by atoms with Crippen molar-refractivity contribution in [2.24, 2.45) is 0 Å². The van der Waals surface area contributed by atoms with Crippen LogP contribution in [0.3, 0.4) is 0 Å². The maximum Gasteiger partial charge on any atom is 0.216 e. The van der Waals surface area contributed by atoms with Gasteiger partial charge < -0.3 is 0 Å². The van der Waals surface area contributed by atoms with E-state index in [1.54, 1.807) is 20.8 Å². The van der Waals surface area contributed by atoms with E-state index in [0.29, 0.717) is 12.3 Å². The van der Waals surface area contributed by atoms with Gasteiger partial charge in [-0.25, -0.2) is 13.1 Å². The smallest absolute Gasteiger partial charge is 0.212 e. The van der Waals surface area contributed by atoms with Crippen LogP contribution in [0.4, 0.5) is 0 Å². The van der Waals surface area contributed by atoms with Gasteiger partial charge in [0.25, 0.3) is 0 Å². The Morgan fingerprint density at radius 2 is 1.85 bits per heavy atom. The summed E-state index contributed by atoms with van der Waals surface area (Å²) in [6.45, 7) is 6.82. The van der Waals surface area contributed by atoms with Gasteiger partial charge >= 0.3 is 0 Å². The van der Waals surface area contributed by atoms with Crippen LogP contribution in [-0.4, -0.2) is 25.1 Å². The molecule has 3 nitrogen and oxygen atoms in total. The summed E-state index contributed by atoms with van der Waals surface area (Å²) >= 11 is 5.50. The molecule has 0 spiro atoms. The van der Waals surface area contributed by atoms with Gasteiger partial charge in [-0.3, -0.25) is 0 Å². The first-order chi connectivity index (χ1) is 5.70. The Labute approximate surface area is 85.9 Å². The van der Waals surface area contributed by atoms with Crippen LogP contribution >= 0.6 is 11.6 Å². The molecule has 1 N–H and O–H groups in total. The molecule has 0 rings (SSSR count). The average molecular weight is 228 g/mol. The van der Waals surface area contributed by atoms with Gasteiger partial charge in [0.15, 0.2) is 0 Å². The van der Waals surface area contributed by atoms with Crippen molar-refractivity contribution in [2.75, 3.05) is 5.88 Å². The van der Waals surface area contributed by atoms with Gasteiger partial charge in [0.05, 0.1) is 4.75 Å². The Bertz CT molecular complexity index is 243. The minimum Gasteiger partial charge on any atom is -0.212 e. The second kappa shape index (κ2) is 4.62. The number of halogens is 1. The average Bonchev–Trinajstić information content (AvgIpc) is 1.83. The molecule has 0 aromatic carbocycles. The molecule has 0 aliphatic carbocycles. The van der Waals surface area contributed by atoms with E-state index in [4.69, 9.17) is 11.6 Å². The van der Waals surface area contributed by atoms with E-state index < -0.39 is 14.8 Å². The minimum atomic E-state index is -3.23. The van der Waals surface area contributed by atoms with E-state index >= 15 is 0 Å². The topological polar surface area (TPSA) is 46.2 Å². The van der Waals surface area contributed by atoms with E-state index in [1.165, 1.54) is 0 Å². The molecule has 1 atom stereocenters. The van der Waals surface area contributed by atoms with Crippen LogP contribution in [0.15, 0.2) is 0 Å². The molecule has 1 unspecified atom stereocenters. The van der Waals surface area contributed by atoms with Crippen LogP contribution in [-0.2, 0) is 10.0 Å². The lowest BCUT2D eigenvalue weighted by Gasteiger charge is -2.22. The predicted octanol–water partition coefficient (Wildman–Crippen LogP) is 1.72. The van der Waals surface area contributed by atoms with Crippen molar-refractivity contribution in [3.8, 4) is 0 Å². The van der Waals surface area contributed by atoms with Gasteiger partial charge in [-0.05, 0) is 34.1 Å². The first-order valence-corrected chi connectivity index (χ1v) is 6.30. The molecule has 0 saturated carbocycles. The van der Waals surface area contributed by atoms with Crippen LogP contribution < -0.4 is 4.72 Å². The molecule has 0 fully saturated rings. The molecule has 0 heterocycles. The van der Waals surface area contributed by atoms with Crippen LogP contribution in [0, 0.1) is 0 Å². The second-order valence-corrected chi connectivity index (χ2v) is 6.96. The Kier molecular flexibility index (Phi) is 4.69. The van der Waals surface area contributed by atoms with E-state index in [1.807, 2.05) is 6.92 Å². The Hall–Kier alpha value is 0.200. The van der Waals surface area contributed by atoms with E-state index in [9.17, 15) is 8.42 Å². The Morgan fingerprint density at radius 1 is 1.38 bits per heavy atom. The lowest BCUT2D eigenvalue weighted by Crippen LogP contribution is -2.43. The highest BCUT2D eigenvalue weighted by molar-refractivity contribution is 7.90. The summed E-state index contributed by atoms with van der Waals surface area (Å²) in [5, 5.41) is 0. The highest BCUT2D eigenvalue weighted by Crippen LogP contribution is 2.14. The fraction of sp³-hybridized carbons (Fsp3) is 1.00. The standard InChI is InChI=1S/C8H18ClNO2S/c1-7(5-6-9)10-13(11,12)8(2,3)4/h7,10H,5-6H2,1-4H3. The number of hydrogen-bond donors (Lipinski definition) is 1. The molecule has 0 radical (unpaired) electrons. The fourth-order valence-electron chi connectivity index (χ4n) is 0.664. The van der Waals surface area contributed by atoms with E-state index in [2.05, 4.69) is 4.72 Å². The van der Waals surface area contributed by atoms with Crippen molar-refractivity contribution in [2.45, 2.75) is 44.9 Å². The van der Waals surface area contributed by atoms with Gasteiger partial charge in [0, 0.05) is 11.9 Å². The van der Waals surface area contributed by atoms with Gasteiger partial charge in [-0.1, -0.05) is 0 Å². The maximum absolute atomic E-state index is 11.6. The zero-order chi connectivity index (χ0) is 10.7. The number of nitrogens with one attached hydrogen (secondary N) is 1. The summed E-state index contributed by atoms with van der Waals surface area (Å²) in [4.78, 5) is 0. The zero-order valence-electron chi connectivity index (χ0n) is 8.59. The number of alkyl halides is 1. The summed E-state index contributed by atoms with van der Waals surface area (Å²) in [5.74, 6) is 0.466. The molecule has 80 valence electrons.